The van der Waals surface area contributed by atoms with Gasteiger partial charge in [-0.25, -0.2) is 14.4 Å². The Kier molecular flexibility index (Phi) is 4.39. The number of fused-ring (bicyclic) bond motifs is 2. The normalized spacial score (nSPS) is 13.2. The highest BCUT2D eigenvalue weighted by Crippen LogP contribution is 2.37. The summed E-state index contributed by atoms with van der Waals surface area (Å²) in [6.07, 6.45) is 3.34. The Morgan fingerprint density at radius 3 is 2.81 bits per heavy atom. The lowest BCUT2D eigenvalue weighted by Crippen LogP contribution is -2.18. The van der Waals surface area contributed by atoms with Crippen LogP contribution in [-0.4, -0.2) is 49.7 Å². The number of pyridine rings is 1. The number of methoxy groups -OCH3 is 1. The number of aromatic nitrogens is 5. The summed E-state index contributed by atoms with van der Waals surface area (Å²) in [5.41, 5.74) is 4.75. The minimum Gasteiger partial charge on any atom is -0.481 e. The van der Waals surface area contributed by atoms with Crippen molar-refractivity contribution in [2.75, 3.05) is 14.2 Å². The first-order valence-corrected chi connectivity index (χ1v) is 9.82. The van der Waals surface area contributed by atoms with Gasteiger partial charge in [0.15, 0.2) is 5.65 Å². The van der Waals surface area contributed by atoms with Gasteiger partial charge in [-0.1, -0.05) is 6.07 Å². The summed E-state index contributed by atoms with van der Waals surface area (Å²) in [6.45, 7) is 3.14. The number of hydrogen-bond acceptors (Lipinski definition) is 6. The summed E-state index contributed by atoms with van der Waals surface area (Å²) in [5.74, 6) is -0.392. The molecule has 1 aliphatic heterocycles. The van der Waals surface area contributed by atoms with E-state index in [-0.39, 0.29) is 11.8 Å². The van der Waals surface area contributed by atoms with Gasteiger partial charge >= 0.3 is 0 Å². The lowest BCUT2D eigenvalue weighted by molar-refractivity contribution is 0.0811. The molecule has 4 aromatic rings. The second-order valence-electron chi connectivity index (χ2n) is 7.37. The largest absolute Gasteiger partial charge is 0.481 e. The first-order chi connectivity index (χ1) is 15.0. The van der Waals surface area contributed by atoms with Crippen LogP contribution in [-0.2, 0) is 13.1 Å². The van der Waals surface area contributed by atoms with Crippen molar-refractivity contribution in [2.45, 2.75) is 20.0 Å². The quantitative estimate of drug-likeness (QED) is 0.505. The summed E-state index contributed by atoms with van der Waals surface area (Å²) in [6, 6.07) is 6.59. The molecule has 0 spiro atoms. The van der Waals surface area contributed by atoms with Crippen LogP contribution in [0.4, 0.5) is 4.39 Å². The van der Waals surface area contributed by atoms with Crippen LogP contribution in [0.3, 0.4) is 0 Å². The Labute approximate surface area is 177 Å². The molecule has 0 saturated heterocycles. The van der Waals surface area contributed by atoms with E-state index in [1.165, 1.54) is 13.2 Å². The molecule has 0 unspecified atom stereocenters. The molecule has 8 nitrogen and oxygen atoms in total. The Hall–Kier alpha value is -3.88. The van der Waals surface area contributed by atoms with Crippen LogP contribution < -0.4 is 4.74 Å². The van der Waals surface area contributed by atoms with Crippen LogP contribution >= 0.6 is 0 Å². The first-order valence-electron chi connectivity index (χ1n) is 9.82. The molecule has 9 heteroatoms. The molecule has 156 valence electrons. The molecule has 1 aromatic carbocycles. The van der Waals surface area contributed by atoms with Gasteiger partial charge in [0.1, 0.15) is 17.0 Å². The molecule has 31 heavy (non-hydrogen) atoms. The summed E-state index contributed by atoms with van der Waals surface area (Å²) >= 11 is 0. The Morgan fingerprint density at radius 1 is 1.19 bits per heavy atom. The molecular formula is C22H19FN6O2. The van der Waals surface area contributed by atoms with Crippen LogP contribution in [0.15, 0.2) is 36.8 Å². The highest BCUT2D eigenvalue weighted by molar-refractivity contribution is 5.97. The minimum atomic E-state index is -0.418. The van der Waals surface area contributed by atoms with E-state index in [2.05, 4.69) is 20.2 Å². The molecule has 0 atom stereocenters. The van der Waals surface area contributed by atoms with E-state index in [0.717, 1.165) is 16.7 Å². The van der Waals surface area contributed by atoms with Crippen molar-refractivity contribution in [3.8, 4) is 28.1 Å². The van der Waals surface area contributed by atoms with Crippen LogP contribution in [0.25, 0.3) is 33.4 Å². The van der Waals surface area contributed by atoms with E-state index in [4.69, 9.17) is 4.74 Å². The fraction of sp³-hybridized carbons (Fsp3) is 0.227. The maximum Gasteiger partial charge on any atom is 0.273 e. The fourth-order valence-electron chi connectivity index (χ4n) is 3.92. The zero-order valence-corrected chi connectivity index (χ0v) is 17.3. The average molecular weight is 418 g/mol. The number of rotatable bonds is 4. The van der Waals surface area contributed by atoms with Gasteiger partial charge in [-0.15, -0.1) is 5.10 Å². The molecule has 5 rings (SSSR count). The molecule has 1 aliphatic rings. The third-order valence-electron chi connectivity index (χ3n) is 5.53. The van der Waals surface area contributed by atoms with Crippen molar-refractivity contribution >= 4 is 17.1 Å². The van der Waals surface area contributed by atoms with E-state index < -0.39 is 5.82 Å². The molecule has 0 fully saturated rings. The van der Waals surface area contributed by atoms with E-state index in [1.54, 1.807) is 42.7 Å². The fourth-order valence-corrected chi connectivity index (χ4v) is 3.92. The number of carbonyl (C=O) groups excluding carboxylic acids is 1. The number of nitrogens with zero attached hydrogens (tertiary/aromatic N) is 6. The SMILES string of the molecule is CCn1cnc2c(-c3ccc(F)c(-c4cc5c(nc4OC)C(=O)N(C)C5)c3)cnnc21. The number of imidazole rings is 1. The van der Waals surface area contributed by atoms with Crippen molar-refractivity contribution in [3.05, 3.63) is 53.9 Å². The molecule has 0 saturated carbocycles. The van der Waals surface area contributed by atoms with Crippen molar-refractivity contribution in [2.24, 2.45) is 0 Å². The Balaban J connectivity index is 1.69. The molecular weight excluding hydrogens is 399 g/mol. The molecule has 0 aliphatic carbocycles. The van der Waals surface area contributed by atoms with Crippen molar-refractivity contribution in [1.29, 1.82) is 0 Å². The molecule has 0 N–H and O–H groups in total. The zero-order chi connectivity index (χ0) is 21.7. The number of benzene rings is 1. The first kappa shape index (κ1) is 19.1. The number of carbonyl (C=O) groups is 1. The third kappa shape index (κ3) is 2.92. The van der Waals surface area contributed by atoms with Crippen LogP contribution in [0.2, 0.25) is 0 Å². The van der Waals surface area contributed by atoms with Crippen LogP contribution in [0.5, 0.6) is 5.88 Å². The second-order valence-corrected chi connectivity index (χ2v) is 7.37. The molecule has 0 bridgehead atoms. The van der Waals surface area contributed by atoms with Gasteiger partial charge in [-0.2, -0.15) is 5.10 Å². The smallest absolute Gasteiger partial charge is 0.273 e. The number of ether oxygens (including phenoxy) is 1. The van der Waals surface area contributed by atoms with Gasteiger partial charge < -0.3 is 14.2 Å². The lowest BCUT2D eigenvalue weighted by atomic mass is 9.98. The topological polar surface area (TPSA) is 86.0 Å². The highest BCUT2D eigenvalue weighted by atomic mass is 19.1. The van der Waals surface area contributed by atoms with Gasteiger partial charge in [0, 0.05) is 42.4 Å². The molecule has 3 aromatic heterocycles. The van der Waals surface area contributed by atoms with Crippen LogP contribution in [0, 0.1) is 5.82 Å². The maximum atomic E-state index is 15.0. The Bertz CT molecular complexity index is 1350. The highest BCUT2D eigenvalue weighted by Gasteiger charge is 2.29. The standard InChI is InChI=1S/C22H19FN6O2/c1-4-29-11-24-19-16(9-25-27-20(19)29)12-5-6-17(23)14(7-12)15-8-13-10-28(2)22(30)18(13)26-21(15)31-3/h5-9,11H,4,10H2,1-3H3. The summed E-state index contributed by atoms with van der Waals surface area (Å²) in [7, 11) is 3.16. The number of halogens is 1. The monoisotopic (exact) mass is 418 g/mol. The predicted octanol–water partition coefficient (Wildman–Crippen LogP) is 3.31. The summed E-state index contributed by atoms with van der Waals surface area (Å²) in [4.78, 5) is 22.7. The van der Waals surface area contributed by atoms with Crippen molar-refractivity contribution in [1.82, 2.24) is 29.6 Å². The predicted molar refractivity (Wildman–Crippen MR) is 112 cm³/mol. The van der Waals surface area contributed by atoms with Gasteiger partial charge in [0.25, 0.3) is 5.91 Å². The molecule has 1 amide bonds. The van der Waals surface area contributed by atoms with Gasteiger partial charge in [0.05, 0.1) is 19.6 Å². The summed E-state index contributed by atoms with van der Waals surface area (Å²) < 4.78 is 22.3. The maximum absolute atomic E-state index is 15.0. The number of amides is 1. The van der Waals surface area contributed by atoms with Crippen molar-refractivity contribution < 1.29 is 13.9 Å². The van der Waals surface area contributed by atoms with E-state index in [0.29, 0.717) is 41.1 Å². The Morgan fingerprint density at radius 2 is 2.03 bits per heavy atom. The van der Waals surface area contributed by atoms with Crippen molar-refractivity contribution in [3.63, 3.8) is 0 Å². The van der Waals surface area contributed by atoms with E-state index >= 15 is 0 Å². The van der Waals surface area contributed by atoms with Gasteiger partial charge in [-0.05, 0) is 30.7 Å². The molecule has 0 radical (unpaired) electrons. The van der Waals surface area contributed by atoms with E-state index in [9.17, 15) is 9.18 Å². The number of hydrogen-bond donors (Lipinski definition) is 0. The van der Waals surface area contributed by atoms with Gasteiger partial charge in [0.2, 0.25) is 5.88 Å². The zero-order valence-electron chi connectivity index (χ0n) is 17.3. The van der Waals surface area contributed by atoms with Crippen LogP contribution in [0.1, 0.15) is 23.0 Å². The second kappa shape index (κ2) is 7.12. The number of aryl methyl sites for hydroxylation is 1. The van der Waals surface area contributed by atoms with Gasteiger partial charge in [-0.3, -0.25) is 4.79 Å². The third-order valence-corrected chi connectivity index (χ3v) is 5.53. The lowest BCUT2D eigenvalue weighted by Gasteiger charge is -2.12. The molecule has 4 heterocycles. The van der Waals surface area contributed by atoms with E-state index in [1.807, 2.05) is 11.5 Å². The minimum absolute atomic E-state index is 0.175. The summed E-state index contributed by atoms with van der Waals surface area (Å²) in [5, 5.41) is 8.29. The average Bonchev–Trinajstić information content (AvgIpc) is 3.33.